The van der Waals surface area contributed by atoms with Gasteiger partial charge in [0.1, 0.15) is 5.82 Å². The summed E-state index contributed by atoms with van der Waals surface area (Å²) in [6.45, 7) is 1.18. The van der Waals surface area contributed by atoms with Crippen LogP contribution in [-0.2, 0) is 11.8 Å². The van der Waals surface area contributed by atoms with Gasteiger partial charge in [0.15, 0.2) is 0 Å². The lowest BCUT2D eigenvalue weighted by molar-refractivity contribution is -0.131. The number of benzene rings is 1. The minimum absolute atomic E-state index is 0.0582. The Kier molecular flexibility index (Phi) is 5.13. The molecule has 2 fully saturated rings. The van der Waals surface area contributed by atoms with Gasteiger partial charge in [-0.05, 0) is 30.4 Å². The van der Waals surface area contributed by atoms with Crippen molar-refractivity contribution in [2.45, 2.75) is 24.8 Å². The zero-order chi connectivity index (χ0) is 22.2. The number of nitrogen functional groups attached to an aromatic ring is 1. The minimum atomic E-state index is -0.270. The molecule has 0 radical (unpaired) electrons. The van der Waals surface area contributed by atoms with Gasteiger partial charge in [-0.1, -0.05) is 30.3 Å². The third kappa shape index (κ3) is 3.95. The first kappa shape index (κ1) is 20.2. The quantitative estimate of drug-likeness (QED) is 0.645. The predicted octanol–water partition coefficient (Wildman–Crippen LogP) is 2.20. The Balaban J connectivity index is 1.21. The van der Waals surface area contributed by atoms with Crippen molar-refractivity contribution in [3.63, 3.8) is 0 Å². The molecule has 2 aromatic heterocycles. The van der Waals surface area contributed by atoms with Crippen LogP contribution >= 0.6 is 0 Å². The maximum atomic E-state index is 12.9. The molecule has 2 aliphatic rings. The fraction of sp³-hybridized carbons (Fsp3) is 0.333. The molecule has 3 aromatic rings. The lowest BCUT2D eigenvalue weighted by Gasteiger charge is -2.18. The number of hydrogen-bond acceptors (Lipinski definition) is 5. The van der Waals surface area contributed by atoms with E-state index < -0.39 is 0 Å². The van der Waals surface area contributed by atoms with Gasteiger partial charge in [-0.3, -0.25) is 14.3 Å². The topological polar surface area (TPSA) is 106 Å². The Morgan fingerprint density at radius 2 is 1.97 bits per heavy atom. The van der Waals surface area contributed by atoms with Crippen molar-refractivity contribution in [3.05, 3.63) is 66.1 Å². The second-order valence-corrected chi connectivity index (χ2v) is 8.66. The van der Waals surface area contributed by atoms with Gasteiger partial charge in [0.2, 0.25) is 5.91 Å². The molecule has 0 spiro atoms. The lowest BCUT2D eigenvalue weighted by atomic mass is 10.1. The van der Waals surface area contributed by atoms with E-state index in [2.05, 4.69) is 27.5 Å². The number of nitrogens with one attached hydrogen (secondary N) is 1. The zero-order valence-electron chi connectivity index (χ0n) is 17.9. The summed E-state index contributed by atoms with van der Waals surface area (Å²) in [7, 11) is 1.83. The second-order valence-electron chi connectivity index (χ2n) is 8.66. The highest BCUT2D eigenvalue weighted by Crippen LogP contribution is 2.48. The number of anilines is 1. The van der Waals surface area contributed by atoms with Crippen molar-refractivity contribution in [2.24, 2.45) is 13.0 Å². The van der Waals surface area contributed by atoms with Crippen molar-refractivity contribution in [3.8, 4) is 11.1 Å². The molecular formula is C24H26N6O2. The Morgan fingerprint density at radius 1 is 1.16 bits per heavy atom. The molecule has 5 rings (SSSR count). The van der Waals surface area contributed by atoms with Gasteiger partial charge in [0.25, 0.3) is 5.91 Å². The molecule has 3 heterocycles. The number of nitrogens with zero attached hydrogens (tertiary/aromatic N) is 4. The fourth-order valence-corrected chi connectivity index (χ4v) is 4.50. The summed E-state index contributed by atoms with van der Waals surface area (Å²) < 4.78 is 1.69. The number of hydrogen-bond donors (Lipinski definition) is 2. The van der Waals surface area contributed by atoms with Gasteiger partial charge in [-0.15, -0.1) is 0 Å². The van der Waals surface area contributed by atoms with Crippen LogP contribution in [-0.4, -0.2) is 50.6 Å². The van der Waals surface area contributed by atoms with Gasteiger partial charge < -0.3 is 16.0 Å². The molecule has 8 nitrogen and oxygen atoms in total. The van der Waals surface area contributed by atoms with Crippen LogP contribution in [0.5, 0.6) is 0 Å². The molecule has 1 aromatic carbocycles. The van der Waals surface area contributed by atoms with Gasteiger partial charge in [-0.25, -0.2) is 4.98 Å². The Labute approximate surface area is 186 Å². The van der Waals surface area contributed by atoms with Crippen LogP contribution in [0.3, 0.4) is 0 Å². The molecular weight excluding hydrogens is 404 g/mol. The van der Waals surface area contributed by atoms with Gasteiger partial charge in [-0.2, -0.15) is 5.10 Å². The number of carbonyl (C=O) groups is 2. The smallest absolute Gasteiger partial charge is 0.255 e. The molecule has 3 atom stereocenters. The number of aryl methyl sites for hydroxylation is 1. The van der Waals surface area contributed by atoms with E-state index in [9.17, 15) is 9.59 Å². The van der Waals surface area contributed by atoms with Gasteiger partial charge >= 0.3 is 0 Å². The molecule has 2 amide bonds. The van der Waals surface area contributed by atoms with E-state index in [-0.39, 0.29) is 29.6 Å². The highest BCUT2D eigenvalue weighted by molar-refractivity contribution is 5.99. The molecule has 3 N–H and O–H groups in total. The summed E-state index contributed by atoms with van der Waals surface area (Å²) in [5.74, 6) is 0.482. The monoisotopic (exact) mass is 430 g/mol. The number of rotatable bonds is 5. The van der Waals surface area contributed by atoms with Gasteiger partial charge in [0.05, 0.1) is 11.8 Å². The Hall–Kier alpha value is -3.68. The van der Waals surface area contributed by atoms with Gasteiger partial charge in [0, 0.05) is 55.6 Å². The maximum absolute atomic E-state index is 12.9. The zero-order valence-corrected chi connectivity index (χ0v) is 17.9. The van der Waals surface area contributed by atoms with E-state index in [4.69, 9.17) is 5.73 Å². The number of nitrogens with two attached hydrogens (primary N) is 1. The third-order valence-corrected chi connectivity index (χ3v) is 6.37. The van der Waals surface area contributed by atoms with Crippen LogP contribution < -0.4 is 11.1 Å². The third-order valence-electron chi connectivity index (χ3n) is 6.37. The molecule has 0 unspecified atom stereocenters. The lowest BCUT2D eigenvalue weighted by Crippen LogP contribution is -2.39. The predicted molar refractivity (Wildman–Crippen MR) is 121 cm³/mol. The number of likely N-dealkylation sites (tertiary alicyclic amines) is 1. The molecule has 1 aliphatic heterocycles. The molecule has 32 heavy (non-hydrogen) atoms. The average Bonchev–Trinajstić information content (AvgIpc) is 3.27. The second kappa shape index (κ2) is 8.11. The van der Waals surface area contributed by atoms with Crippen molar-refractivity contribution in [2.75, 3.05) is 18.8 Å². The number of carbonyl (C=O) groups excluding carboxylic acids is 2. The van der Waals surface area contributed by atoms with Crippen molar-refractivity contribution >= 4 is 17.6 Å². The Morgan fingerprint density at radius 3 is 2.72 bits per heavy atom. The normalized spacial score (nSPS) is 22.0. The average molecular weight is 431 g/mol. The molecule has 164 valence electrons. The summed E-state index contributed by atoms with van der Waals surface area (Å²) >= 11 is 0. The Bertz CT molecular complexity index is 1160. The van der Waals surface area contributed by atoms with Crippen LogP contribution in [0.25, 0.3) is 11.1 Å². The highest BCUT2D eigenvalue weighted by atomic mass is 16.2. The first-order valence-corrected chi connectivity index (χ1v) is 10.9. The summed E-state index contributed by atoms with van der Waals surface area (Å²) in [4.78, 5) is 31.9. The molecule has 0 bridgehead atoms. The first-order valence-electron chi connectivity index (χ1n) is 10.9. The SMILES string of the molecule is Cn1cc(-c2cnc(N)c(C(=O)N[C@@H]3CCN(C(=O)[C@H]4C[C@@H]4c4ccccc4)C3)c2)cn1. The van der Waals surface area contributed by atoms with Crippen molar-refractivity contribution in [1.29, 1.82) is 0 Å². The van der Waals surface area contributed by atoms with Crippen LogP contribution in [0, 0.1) is 5.92 Å². The number of aromatic nitrogens is 3. The van der Waals surface area contributed by atoms with Crippen molar-refractivity contribution in [1.82, 2.24) is 25.0 Å². The summed E-state index contributed by atoms with van der Waals surface area (Å²) in [6, 6.07) is 11.8. The number of pyridine rings is 1. The highest BCUT2D eigenvalue weighted by Gasteiger charge is 2.46. The summed E-state index contributed by atoms with van der Waals surface area (Å²) in [5, 5.41) is 7.19. The van der Waals surface area contributed by atoms with E-state index in [1.807, 2.05) is 36.3 Å². The molecule has 1 saturated carbocycles. The maximum Gasteiger partial charge on any atom is 0.255 e. The van der Waals surface area contributed by atoms with Crippen molar-refractivity contribution < 1.29 is 9.59 Å². The molecule has 1 aliphatic carbocycles. The van der Waals surface area contributed by atoms with Crippen LogP contribution in [0.4, 0.5) is 5.82 Å². The van der Waals surface area contributed by atoms with E-state index in [0.29, 0.717) is 24.6 Å². The van der Waals surface area contributed by atoms with Crippen LogP contribution in [0.2, 0.25) is 0 Å². The summed E-state index contributed by atoms with van der Waals surface area (Å²) in [5.41, 5.74) is 9.19. The molecule has 1 saturated heterocycles. The largest absolute Gasteiger partial charge is 0.383 e. The van der Waals surface area contributed by atoms with E-state index in [0.717, 1.165) is 24.0 Å². The van der Waals surface area contributed by atoms with Crippen LogP contribution in [0.1, 0.15) is 34.7 Å². The van der Waals surface area contributed by atoms with E-state index in [1.54, 1.807) is 23.1 Å². The molecule has 8 heteroatoms. The summed E-state index contributed by atoms with van der Waals surface area (Å²) in [6.07, 6.45) is 6.85. The minimum Gasteiger partial charge on any atom is -0.383 e. The van der Waals surface area contributed by atoms with Crippen LogP contribution in [0.15, 0.2) is 55.0 Å². The number of amides is 2. The van der Waals surface area contributed by atoms with E-state index >= 15 is 0 Å². The van der Waals surface area contributed by atoms with E-state index in [1.165, 1.54) is 5.56 Å². The standard InChI is InChI=1S/C24H26N6O2/c1-29-13-17(12-27-29)16-9-21(22(25)26-11-16)23(31)28-18-7-8-30(14-18)24(32)20-10-19(20)15-5-3-2-4-6-15/h2-6,9,11-13,18-20H,7-8,10,14H2,1H3,(H2,25,26)(H,28,31)/t18-,19-,20+/m1/s1. The first-order chi connectivity index (χ1) is 15.5. The fourth-order valence-electron chi connectivity index (χ4n) is 4.50.